The summed E-state index contributed by atoms with van der Waals surface area (Å²) >= 11 is 0. The lowest BCUT2D eigenvalue weighted by molar-refractivity contribution is 0.598. The zero-order valence-electron chi connectivity index (χ0n) is 9.76. The third kappa shape index (κ3) is 2.53. The van der Waals surface area contributed by atoms with Gasteiger partial charge in [-0.1, -0.05) is 0 Å². The number of hydrogen-bond donors (Lipinski definition) is 2. The minimum atomic E-state index is -3.68. The van der Waals surface area contributed by atoms with E-state index in [2.05, 4.69) is 11.8 Å². The monoisotopic (exact) mass is 255 g/mol. The molecule has 0 spiro atoms. The predicted octanol–water partition coefficient (Wildman–Crippen LogP) is 0.905. The largest absolute Gasteiger partial charge is 0.397 e. The molecule has 1 saturated carbocycles. The van der Waals surface area contributed by atoms with Gasteiger partial charge in [-0.05, 0) is 38.0 Å². The highest BCUT2D eigenvalue weighted by Gasteiger charge is 2.29. The van der Waals surface area contributed by atoms with E-state index in [0.29, 0.717) is 11.7 Å². The van der Waals surface area contributed by atoms with Crippen molar-refractivity contribution in [3.05, 3.63) is 18.2 Å². The van der Waals surface area contributed by atoms with Gasteiger partial charge in [-0.3, -0.25) is 0 Å². The predicted molar refractivity (Wildman–Crippen MR) is 68.3 cm³/mol. The second kappa shape index (κ2) is 4.19. The summed E-state index contributed by atoms with van der Waals surface area (Å²) in [6, 6.07) is 5.21. The summed E-state index contributed by atoms with van der Waals surface area (Å²) in [6.07, 6.45) is 2.34. The van der Waals surface area contributed by atoms with E-state index in [0.717, 1.165) is 12.2 Å². The van der Waals surface area contributed by atoms with Crippen LogP contribution in [0.5, 0.6) is 0 Å². The Morgan fingerprint density at radius 2 is 2.06 bits per heavy atom. The minimum Gasteiger partial charge on any atom is -0.397 e. The van der Waals surface area contributed by atoms with Crippen molar-refractivity contribution in [2.45, 2.75) is 30.7 Å². The van der Waals surface area contributed by atoms with Gasteiger partial charge in [-0.15, -0.1) is 0 Å². The number of rotatable bonds is 4. The fourth-order valence-corrected chi connectivity index (χ4v) is 2.53. The Labute approximate surface area is 101 Å². The van der Waals surface area contributed by atoms with Gasteiger partial charge in [0.2, 0.25) is 10.0 Å². The maximum atomic E-state index is 11.2. The van der Waals surface area contributed by atoms with Crippen LogP contribution in [0.25, 0.3) is 0 Å². The van der Waals surface area contributed by atoms with Gasteiger partial charge >= 0.3 is 0 Å². The van der Waals surface area contributed by atoms with Crippen LogP contribution in [0.3, 0.4) is 0 Å². The molecule has 0 bridgehead atoms. The maximum Gasteiger partial charge on any atom is 0.238 e. The molecule has 0 heterocycles. The number of nitrogens with two attached hydrogens (primary N) is 2. The lowest BCUT2D eigenvalue weighted by atomic mass is 10.2. The lowest BCUT2D eigenvalue weighted by Gasteiger charge is -2.24. The van der Waals surface area contributed by atoms with Gasteiger partial charge in [0, 0.05) is 12.6 Å². The molecule has 1 aromatic rings. The van der Waals surface area contributed by atoms with E-state index in [1.807, 2.05) is 0 Å². The van der Waals surface area contributed by atoms with Gasteiger partial charge in [0.25, 0.3) is 0 Å². The molecule has 1 fully saturated rings. The second-order valence-electron chi connectivity index (χ2n) is 4.28. The highest BCUT2D eigenvalue weighted by atomic mass is 32.2. The van der Waals surface area contributed by atoms with E-state index in [4.69, 9.17) is 10.9 Å². The Balaban J connectivity index is 2.37. The van der Waals surface area contributed by atoms with Crippen molar-refractivity contribution in [3.8, 4) is 0 Å². The van der Waals surface area contributed by atoms with Crippen LogP contribution in [0.4, 0.5) is 11.4 Å². The Morgan fingerprint density at radius 1 is 1.41 bits per heavy atom. The number of anilines is 2. The second-order valence-corrected chi connectivity index (χ2v) is 5.84. The Hall–Kier alpha value is -1.27. The van der Waals surface area contributed by atoms with Gasteiger partial charge in [0.15, 0.2) is 0 Å². The first-order chi connectivity index (χ1) is 7.93. The number of benzene rings is 1. The molecule has 94 valence electrons. The van der Waals surface area contributed by atoms with Crippen LogP contribution in [0, 0.1) is 0 Å². The Kier molecular flexibility index (Phi) is 3.01. The van der Waals surface area contributed by atoms with E-state index in [-0.39, 0.29) is 4.90 Å². The van der Waals surface area contributed by atoms with E-state index in [1.165, 1.54) is 25.0 Å². The summed E-state index contributed by atoms with van der Waals surface area (Å²) in [5.41, 5.74) is 7.25. The third-order valence-electron chi connectivity index (χ3n) is 2.97. The smallest absolute Gasteiger partial charge is 0.238 e. The molecule has 1 aliphatic carbocycles. The number of hydrogen-bond acceptors (Lipinski definition) is 4. The van der Waals surface area contributed by atoms with Crippen LogP contribution < -0.4 is 15.8 Å². The van der Waals surface area contributed by atoms with Crippen molar-refractivity contribution in [3.63, 3.8) is 0 Å². The molecule has 2 rings (SSSR count). The van der Waals surface area contributed by atoms with Gasteiger partial charge in [0.05, 0.1) is 16.3 Å². The molecule has 0 radical (unpaired) electrons. The third-order valence-corrected chi connectivity index (χ3v) is 3.88. The van der Waals surface area contributed by atoms with E-state index >= 15 is 0 Å². The summed E-state index contributed by atoms with van der Waals surface area (Å²) in [7, 11) is -3.68. The summed E-state index contributed by atoms with van der Waals surface area (Å²) in [4.78, 5) is 2.26. The first-order valence-electron chi connectivity index (χ1n) is 5.62. The van der Waals surface area contributed by atoms with Crippen LogP contribution in [0.15, 0.2) is 23.1 Å². The lowest BCUT2D eigenvalue weighted by Crippen LogP contribution is -2.26. The molecule has 6 heteroatoms. The average molecular weight is 255 g/mol. The van der Waals surface area contributed by atoms with E-state index in [9.17, 15) is 8.42 Å². The van der Waals surface area contributed by atoms with E-state index < -0.39 is 10.0 Å². The molecule has 0 unspecified atom stereocenters. The highest BCUT2D eigenvalue weighted by molar-refractivity contribution is 7.89. The van der Waals surface area contributed by atoms with Crippen molar-refractivity contribution in [1.82, 2.24) is 0 Å². The molecule has 0 atom stereocenters. The SMILES string of the molecule is CCN(c1ccc(S(N)(=O)=O)cc1N)C1CC1. The topological polar surface area (TPSA) is 89.4 Å². The van der Waals surface area contributed by atoms with Gasteiger partial charge < -0.3 is 10.6 Å². The molecule has 0 aliphatic heterocycles. The van der Waals surface area contributed by atoms with Crippen molar-refractivity contribution in [2.75, 3.05) is 17.2 Å². The number of nitrogen functional groups attached to an aromatic ring is 1. The summed E-state index contributed by atoms with van der Waals surface area (Å²) < 4.78 is 22.4. The Bertz CT molecular complexity index is 524. The van der Waals surface area contributed by atoms with Crippen molar-refractivity contribution in [2.24, 2.45) is 5.14 Å². The normalized spacial score (nSPS) is 15.9. The summed E-state index contributed by atoms with van der Waals surface area (Å²) in [5, 5.41) is 5.06. The van der Waals surface area contributed by atoms with Gasteiger partial charge in [0.1, 0.15) is 0 Å². The Morgan fingerprint density at radius 3 is 2.47 bits per heavy atom. The highest BCUT2D eigenvalue weighted by Crippen LogP contribution is 2.35. The number of sulfonamides is 1. The molecule has 1 aliphatic rings. The fourth-order valence-electron chi connectivity index (χ4n) is 1.98. The van der Waals surface area contributed by atoms with Gasteiger partial charge in [-0.25, -0.2) is 13.6 Å². The first-order valence-corrected chi connectivity index (χ1v) is 7.17. The first kappa shape index (κ1) is 12.2. The molecule has 0 amide bonds. The molecule has 1 aromatic carbocycles. The molecule has 5 nitrogen and oxygen atoms in total. The van der Waals surface area contributed by atoms with Gasteiger partial charge in [-0.2, -0.15) is 0 Å². The quantitative estimate of drug-likeness (QED) is 0.782. The summed E-state index contributed by atoms with van der Waals surface area (Å²) in [6.45, 7) is 2.93. The zero-order valence-corrected chi connectivity index (χ0v) is 10.6. The molecule has 0 saturated heterocycles. The van der Waals surface area contributed by atoms with Crippen LogP contribution in [-0.4, -0.2) is 21.0 Å². The molecular weight excluding hydrogens is 238 g/mol. The molecular formula is C11H17N3O2S. The van der Waals surface area contributed by atoms with Crippen LogP contribution in [0.2, 0.25) is 0 Å². The standard InChI is InChI=1S/C11H17N3O2S/c1-2-14(8-3-4-8)11-6-5-9(7-10(11)12)17(13,15)16/h5-8H,2-4,12H2,1H3,(H2,13,15,16). The minimum absolute atomic E-state index is 0.0607. The van der Waals surface area contributed by atoms with E-state index in [1.54, 1.807) is 6.07 Å². The van der Waals surface area contributed by atoms with Crippen molar-refractivity contribution < 1.29 is 8.42 Å². The van der Waals surface area contributed by atoms with Crippen molar-refractivity contribution >= 4 is 21.4 Å². The number of primary sulfonamides is 1. The maximum absolute atomic E-state index is 11.2. The molecule has 17 heavy (non-hydrogen) atoms. The van der Waals surface area contributed by atoms with Crippen molar-refractivity contribution in [1.29, 1.82) is 0 Å². The molecule has 0 aromatic heterocycles. The van der Waals surface area contributed by atoms with Crippen LogP contribution in [0.1, 0.15) is 19.8 Å². The molecule has 4 N–H and O–H groups in total. The number of nitrogens with zero attached hydrogens (tertiary/aromatic N) is 1. The zero-order chi connectivity index (χ0) is 12.6. The fraction of sp³-hybridized carbons (Fsp3) is 0.455. The van der Waals surface area contributed by atoms with Crippen LogP contribution in [-0.2, 0) is 10.0 Å². The van der Waals surface area contributed by atoms with Crippen LogP contribution >= 0.6 is 0 Å². The summed E-state index contributed by atoms with van der Waals surface area (Å²) in [5.74, 6) is 0. The average Bonchev–Trinajstić information content (AvgIpc) is 3.04.